The first-order chi connectivity index (χ1) is 11.3. The molecule has 0 unspecified atom stereocenters. The number of non-ortho nitro benzene ring substituents is 1. The van der Waals surface area contributed by atoms with Gasteiger partial charge in [-0.05, 0) is 36.3 Å². The highest BCUT2D eigenvalue weighted by Crippen LogP contribution is 2.38. The number of nitrogens with zero attached hydrogens (tertiary/aromatic N) is 1. The molecule has 0 radical (unpaired) electrons. The number of ether oxygens (including phenoxy) is 1. The standard InChI is InChI=1S/C18H26N2O4/c1-13-5-4-10-18(2,3)16(13)19-11-12-24-17(21)14-6-8-15(9-7-14)20(22)23/h6-9,13,16,19H,4-5,10-12H2,1-3H3/t13-,16-/m1/s1. The molecule has 6 nitrogen and oxygen atoms in total. The van der Waals surface area contributed by atoms with Crippen molar-refractivity contribution in [1.29, 1.82) is 0 Å². The zero-order valence-corrected chi connectivity index (χ0v) is 14.6. The molecule has 1 saturated carbocycles. The lowest BCUT2D eigenvalue weighted by Gasteiger charge is -2.43. The van der Waals surface area contributed by atoms with Gasteiger partial charge in [0.05, 0.1) is 10.5 Å². The highest BCUT2D eigenvalue weighted by atomic mass is 16.6. The van der Waals surface area contributed by atoms with Crippen LogP contribution in [-0.2, 0) is 4.74 Å². The maximum atomic E-state index is 11.9. The van der Waals surface area contributed by atoms with Gasteiger partial charge >= 0.3 is 5.97 Å². The molecule has 2 rings (SSSR count). The van der Waals surface area contributed by atoms with Crippen molar-refractivity contribution in [1.82, 2.24) is 5.32 Å². The van der Waals surface area contributed by atoms with Gasteiger partial charge in [-0.2, -0.15) is 0 Å². The average molecular weight is 334 g/mol. The van der Waals surface area contributed by atoms with Gasteiger partial charge in [-0.25, -0.2) is 4.79 Å². The Morgan fingerprint density at radius 2 is 2.04 bits per heavy atom. The molecule has 2 atom stereocenters. The van der Waals surface area contributed by atoms with Gasteiger partial charge in [-0.1, -0.05) is 27.2 Å². The van der Waals surface area contributed by atoms with E-state index in [2.05, 4.69) is 26.1 Å². The largest absolute Gasteiger partial charge is 0.461 e. The van der Waals surface area contributed by atoms with Crippen LogP contribution < -0.4 is 5.32 Å². The third kappa shape index (κ3) is 4.54. The van der Waals surface area contributed by atoms with Crippen molar-refractivity contribution < 1.29 is 14.5 Å². The molecule has 24 heavy (non-hydrogen) atoms. The van der Waals surface area contributed by atoms with Crippen molar-refractivity contribution in [2.45, 2.75) is 46.1 Å². The minimum absolute atomic E-state index is 0.0401. The first-order valence-electron chi connectivity index (χ1n) is 8.46. The van der Waals surface area contributed by atoms with E-state index < -0.39 is 10.9 Å². The lowest BCUT2D eigenvalue weighted by molar-refractivity contribution is -0.384. The second-order valence-corrected chi connectivity index (χ2v) is 7.23. The van der Waals surface area contributed by atoms with Gasteiger partial charge in [0.2, 0.25) is 0 Å². The number of nitrogens with one attached hydrogen (secondary N) is 1. The summed E-state index contributed by atoms with van der Waals surface area (Å²) >= 11 is 0. The van der Waals surface area contributed by atoms with Crippen molar-refractivity contribution in [3.8, 4) is 0 Å². The third-order valence-electron chi connectivity index (χ3n) is 4.90. The van der Waals surface area contributed by atoms with Crippen LogP contribution in [0.4, 0.5) is 5.69 Å². The number of hydrogen-bond acceptors (Lipinski definition) is 5. The fourth-order valence-electron chi connectivity index (χ4n) is 3.61. The molecule has 1 aromatic rings. The van der Waals surface area contributed by atoms with E-state index in [9.17, 15) is 14.9 Å². The first-order valence-corrected chi connectivity index (χ1v) is 8.46. The van der Waals surface area contributed by atoms with E-state index in [0.717, 1.165) is 0 Å². The fraction of sp³-hybridized carbons (Fsp3) is 0.611. The quantitative estimate of drug-likeness (QED) is 0.372. The Balaban J connectivity index is 1.79. The topological polar surface area (TPSA) is 81.5 Å². The number of hydrogen-bond donors (Lipinski definition) is 1. The zero-order chi connectivity index (χ0) is 17.7. The summed E-state index contributed by atoms with van der Waals surface area (Å²) in [6, 6.07) is 5.87. The number of esters is 1. The molecule has 1 aliphatic rings. The molecule has 132 valence electrons. The Hall–Kier alpha value is -1.95. The smallest absolute Gasteiger partial charge is 0.338 e. The summed E-state index contributed by atoms with van der Waals surface area (Å²) in [5.41, 5.74) is 0.536. The Bertz CT molecular complexity index is 583. The fourth-order valence-corrected chi connectivity index (χ4v) is 3.61. The van der Waals surface area contributed by atoms with Crippen LogP contribution in [0.5, 0.6) is 0 Å². The van der Waals surface area contributed by atoms with Crippen molar-refractivity contribution in [3.05, 3.63) is 39.9 Å². The second-order valence-electron chi connectivity index (χ2n) is 7.23. The Morgan fingerprint density at radius 1 is 1.38 bits per heavy atom. The van der Waals surface area contributed by atoms with Crippen LogP contribution >= 0.6 is 0 Å². The van der Waals surface area contributed by atoms with Crippen LogP contribution in [0.1, 0.15) is 50.4 Å². The number of benzene rings is 1. The molecule has 0 amide bonds. The molecule has 6 heteroatoms. The van der Waals surface area contributed by atoms with Crippen molar-refractivity contribution in [2.24, 2.45) is 11.3 Å². The highest BCUT2D eigenvalue weighted by Gasteiger charge is 2.36. The predicted molar refractivity (Wildman–Crippen MR) is 92.0 cm³/mol. The molecule has 0 bridgehead atoms. The average Bonchev–Trinajstić information content (AvgIpc) is 2.53. The Morgan fingerprint density at radius 3 is 2.62 bits per heavy atom. The van der Waals surface area contributed by atoms with E-state index in [1.54, 1.807) is 0 Å². The molecule has 0 aliphatic heterocycles. The van der Waals surface area contributed by atoms with Gasteiger partial charge in [0.15, 0.2) is 0 Å². The highest BCUT2D eigenvalue weighted by molar-refractivity contribution is 5.89. The lowest BCUT2D eigenvalue weighted by Crippen LogP contribution is -2.49. The molecule has 0 aromatic heterocycles. The molecule has 1 aliphatic carbocycles. The van der Waals surface area contributed by atoms with Gasteiger partial charge in [-0.3, -0.25) is 10.1 Å². The zero-order valence-electron chi connectivity index (χ0n) is 14.6. The van der Waals surface area contributed by atoms with Crippen molar-refractivity contribution in [2.75, 3.05) is 13.2 Å². The lowest BCUT2D eigenvalue weighted by atomic mass is 9.68. The molecule has 1 fully saturated rings. The van der Waals surface area contributed by atoms with E-state index in [0.29, 0.717) is 24.1 Å². The molecular weight excluding hydrogens is 308 g/mol. The molecule has 0 spiro atoms. The van der Waals surface area contributed by atoms with Gasteiger partial charge < -0.3 is 10.1 Å². The van der Waals surface area contributed by atoms with Gasteiger partial charge in [0.1, 0.15) is 6.61 Å². The minimum Gasteiger partial charge on any atom is -0.461 e. The second kappa shape index (κ2) is 7.75. The number of rotatable bonds is 6. The summed E-state index contributed by atoms with van der Waals surface area (Å²) in [5.74, 6) is 0.154. The Labute approximate surface area is 142 Å². The third-order valence-corrected chi connectivity index (χ3v) is 4.90. The van der Waals surface area contributed by atoms with Crippen LogP contribution in [0.15, 0.2) is 24.3 Å². The monoisotopic (exact) mass is 334 g/mol. The first kappa shape index (κ1) is 18.4. The number of carbonyl (C=O) groups excluding carboxylic acids is 1. The van der Waals surface area contributed by atoms with E-state index in [1.165, 1.54) is 43.5 Å². The van der Waals surface area contributed by atoms with Crippen LogP contribution in [0.3, 0.4) is 0 Å². The molecule has 0 saturated heterocycles. The van der Waals surface area contributed by atoms with Gasteiger partial charge in [0.25, 0.3) is 5.69 Å². The summed E-state index contributed by atoms with van der Waals surface area (Å²) in [6.45, 7) is 7.72. The van der Waals surface area contributed by atoms with Crippen molar-refractivity contribution in [3.63, 3.8) is 0 Å². The summed E-state index contributed by atoms with van der Waals surface area (Å²) in [6.07, 6.45) is 3.70. The van der Waals surface area contributed by atoms with Crippen LogP contribution in [0.2, 0.25) is 0 Å². The summed E-state index contributed by atoms with van der Waals surface area (Å²) in [7, 11) is 0. The SMILES string of the molecule is C[C@@H]1CCCC(C)(C)[C@@H]1NCCOC(=O)c1ccc([N+](=O)[O-])cc1. The van der Waals surface area contributed by atoms with E-state index in [1.807, 2.05) is 0 Å². The maximum absolute atomic E-state index is 11.9. The van der Waals surface area contributed by atoms with Gasteiger partial charge in [0, 0.05) is 24.7 Å². The summed E-state index contributed by atoms with van der Waals surface area (Å²) < 4.78 is 5.25. The molecule has 1 N–H and O–H groups in total. The van der Waals surface area contributed by atoms with Gasteiger partial charge in [-0.15, -0.1) is 0 Å². The van der Waals surface area contributed by atoms with Crippen LogP contribution in [0.25, 0.3) is 0 Å². The Kier molecular flexibility index (Phi) is 5.94. The number of nitro groups is 1. The summed E-state index contributed by atoms with van der Waals surface area (Å²) in [5, 5.41) is 14.1. The molecule has 1 aromatic carbocycles. The van der Waals surface area contributed by atoms with Crippen LogP contribution in [-0.4, -0.2) is 30.1 Å². The normalized spacial score (nSPS) is 22.8. The minimum atomic E-state index is -0.494. The van der Waals surface area contributed by atoms with E-state index >= 15 is 0 Å². The van der Waals surface area contributed by atoms with Crippen LogP contribution in [0, 0.1) is 21.4 Å². The number of carbonyl (C=O) groups is 1. The summed E-state index contributed by atoms with van der Waals surface area (Å²) in [4.78, 5) is 22.1. The molecular formula is C18H26N2O4. The van der Waals surface area contributed by atoms with E-state index in [4.69, 9.17) is 4.74 Å². The maximum Gasteiger partial charge on any atom is 0.338 e. The van der Waals surface area contributed by atoms with E-state index in [-0.39, 0.29) is 17.7 Å². The number of nitro benzene ring substituents is 1. The predicted octanol–water partition coefficient (Wildman–Crippen LogP) is 3.56. The molecule has 0 heterocycles. The van der Waals surface area contributed by atoms with Crippen molar-refractivity contribution >= 4 is 11.7 Å².